The van der Waals surface area contributed by atoms with Crippen LogP contribution in [-0.4, -0.2) is 12.5 Å². The molecule has 1 aromatic carbocycles. The Bertz CT molecular complexity index is 369. The summed E-state index contributed by atoms with van der Waals surface area (Å²) in [5.74, 6) is -0.813. The van der Waals surface area contributed by atoms with Crippen molar-refractivity contribution >= 4 is 11.6 Å². The first-order valence-corrected chi connectivity index (χ1v) is 3.78. The van der Waals surface area contributed by atoms with Gasteiger partial charge >= 0.3 is 0 Å². The third kappa shape index (κ3) is 3.12. The van der Waals surface area contributed by atoms with Crippen molar-refractivity contribution < 1.29 is 9.18 Å². The van der Waals surface area contributed by atoms with Crippen LogP contribution in [0.1, 0.15) is 0 Å². The van der Waals surface area contributed by atoms with Crippen LogP contribution >= 0.6 is 0 Å². The summed E-state index contributed by atoms with van der Waals surface area (Å²) in [6, 6.07) is 5.29. The van der Waals surface area contributed by atoms with E-state index in [1.807, 2.05) is 0 Å². The maximum Gasteiger partial charge on any atom is 0.230 e. The van der Waals surface area contributed by atoms with E-state index in [0.717, 1.165) is 0 Å². The van der Waals surface area contributed by atoms with E-state index in [-0.39, 0.29) is 12.4 Å². The predicted octanol–water partition coefficient (Wildman–Crippen LogP) is 2.07. The van der Waals surface area contributed by atoms with Gasteiger partial charge in [0.2, 0.25) is 5.91 Å². The lowest BCUT2D eigenvalue weighted by Crippen LogP contribution is -2.14. The summed E-state index contributed by atoms with van der Waals surface area (Å²) in [5.41, 5.74) is 8.41. The van der Waals surface area contributed by atoms with Crippen LogP contribution in [0.25, 0.3) is 10.4 Å². The summed E-state index contributed by atoms with van der Waals surface area (Å²) in [5, 5.41) is 5.51. The second-order valence-electron chi connectivity index (χ2n) is 2.44. The Hall–Kier alpha value is -2.07. The quantitative estimate of drug-likeness (QED) is 0.446. The average molecular weight is 194 g/mol. The molecular formula is C8H7FN4O. The highest BCUT2D eigenvalue weighted by molar-refractivity contribution is 5.92. The number of rotatable bonds is 3. The monoisotopic (exact) mass is 194 g/mol. The standard InChI is InChI=1S/C8H7FN4O/c9-6-1-3-7(4-2-6)12-8(14)5-11-13-10/h1-4H,5H2,(H,12,14). The molecule has 72 valence electrons. The van der Waals surface area contributed by atoms with E-state index in [1.165, 1.54) is 24.3 Å². The lowest BCUT2D eigenvalue weighted by molar-refractivity contribution is -0.114. The Morgan fingerprint density at radius 3 is 2.71 bits per heavy atom. The van der Waals surface area contributed by atoms with Crippen LogP contribution in [0.5, 0.6) is 0 Å². The summed E-state index contributed by atoms with van der Waals surface area (Å²) in [6.45, 7) is -0.270. The first-order chi connectivity index (χ1) is 6.72. The highest BCUT2D eigenvalue weighted by Gasteiger charge is 1.99. The molecule has 0 unspecified atom stereocenters. The molecule has 1 amide bonds. The molecule has 14 heavy (non-hydrogen) atoms. The lowest BCUT2D eigenvalue weighted by Gasteiger charge is -2.01. The van der Waals surface area contributed by atoms with Crippen LogP contribution in [0.15, 0.2) is 29.4 Å². The van der Waals surface area contributed by atoms with E-state index in [1.54, 1.807) is 0 Å². The largest absolute Gasteiger partial charge is 0.326 e. The molecule has 0 saturated carbocycles. The number of anilines is 1. The van der Waals surface area contributed by atoms with Gasteiger partial charge in [0.1, 0.15) is 12.4 Å². The molecule has 5 nitrogen and oxygen atoms in total. The van der Waals surface area contributed by atoms with Crippen molar-refractivity contribution in [2.24, 2.45) is 5.11 Å². The van der Waals surface area contributed by atoms with E-state index in [0.29, 0.717) is 5.69 Å². The Balaban J connectivity index is 2.56. The van der Waals surface area contributed by atoms with Crippen LogP contribution in [0.4, 0.5) is 10.1 Å². The molecule has 0 heterocycles. The van der Waals surface area contributed by atoms with Gasteiger partial charge in [-0.05, 0) is 29.8 Å². The van der Waals surface area contributed by atoms with Crippen molar-refractivity contribution in [2.45, 2.75) is 0 Å². The first kappa shape index (κ1) is 10.0. The van der Waals surface area contributed by atoms with Gasteiger partial charge in [0, 0.05) is 10.6 Å². The van der Waals surface area contributed by atoms with Crippen LogP contribution in [0, 0.1) is 5.82 Å². The second kappa shape index (κ2) is 4.84. The van der Waals surface area contributed by atoms with Crippen molar-refractivity contribution in [3.63, 3.8) is 0 Å². The number of hydrogen-bond donors (Lipinski definition) is 1. The first-order valence-electron chi connectivity index (χ1n) is 3.78. The molecule has 0 aliphatic carbocycles. The van der Waals surface area contributed by atoms with Gasteiger partial charge in [-0.25, -0.2) is 4.39 Å². The van der Waals surface area contributed by atoms with Gasteiger partial charge in [-0.3, -0.25) is 4.79 Å². The number of nitrogens with zero attached hydrogens (tertiary/aromatic N) is 3. The molecule has 0 aromatic heterocycles. The zero-order valence-electron chi connectivity index (χ0n) is 7.14. The lowest BCUT2D eigenvalue weighted by atomic mass is 10.3. The molecule has 1 rings (SSSR count). The van der Waals surface area contributed by atoms with E-state index in [2.05, 4.69) is 15.3 Å². The minimum Gasteiger partial charge on any atom is -0.326 e. The van der Waals surface area contributed by atoms with Gasteiger partial charge in [0.25, 0.3) is 0 Å². The fourth-order valence-electron chi connectivity index (χ4n) is 0.830. The third-order valence-electron chi connectivity index (χ3n) is 1.41. The number of nitrogens with one attached hydrogen (secondary N) is 1. The number of benzene rings is 1. The van der Waals surface area contributed by atoms with Crippen LogP contribution in [0.3, 0.4) is 0 Å². The summed E-state index contributed by atoms with van der Waals surface area (Å²) >= 11 is 0. The molecule has 0 atom stereocenters. The van der Waals surface area contributed by atoms with Crippen molar-refractivity contribution in [2.75, 3.05) is 11.9 Å². The predicted molar refractivity (Wildman–Crippen MR) is 49.0 cm³/mol. The fourth-order valence-corrected chi connectivity index (χ4v) is 0.830. The number of carbonyl (C=O) groups excluding carboxylic acids is 1. The molecule has 0 fully saturated rings. The van der Waals surface area contributed by atoms with Gasteiger partial charge in [0.05, 0.1) is 0 Å². The SMILES string of the molecule is [N-]=[N+]=NCC(=O)Nc1ccc(F)cc1. The topological polar surface area (TPSA) is 77.9 Å². The second-order valence-corrected chi connectivity index (χ2v) is 2.44. The Morgan fingerprint density at radius 2 is 2.14 bits per heavy atom. The number of halogens is 1. The summed E-state index contributed by atoms with van der Waals surface area (Å²) in [4.78, 5) is 13.4. The van der Waals surface area contributed by atoms with Crippen LogP contribution in [-0.2, 0) is 4.79 Å². The molecular weight excluding hydrogens is 187 g/mol. The molecule has 1 aromatic rings. The molecule has 0 radical (unpaired) electrons. The van der Waals surface area contributed by atoms with Gasteiger partial charge in [0.15, 0.2) is 0 Å². The molecule has 6 heteroatoms. The highest BCUT2D eigenvalue weighted by atomic mass is 19.1. The molecule has 1 N–H and O–H groups in total. The third-order valence-corrected chi connectivity index (χ3v) is 1.41. The Labute approximate surface area is 79.2 Å². The minimum absolute atomic E-state index is 0.270. The number of hydrogen-bond acceptors (Lipinski definition) is 2. The van der Waals surface area contributed by atoms with Crippen LogP contribution in [0.2, 0.25) is 0 Å². The maximum atomic E-state index is 12.4. The zero-order valence-corrected chi connectivity index (χ0v) is 7.14. The molecule has 0 aliphatic rings. The number of amides is 1. The maximum absolute atomic E-state index is 12.4. The Morgan fingerprint density at radius 1 is 1.50 bits per heavy atom. The molecule has 0 spiro atoms. The normalized spacial score (nSPS) is 8.93. The van der Waals surface area contributed by atoms with Gasteiger partial charge < -0.3 is 5.32 Å². The summed E-state index contributed by atoms with van der Waals surface area (Å²) in [6.07, 6.45) is 0. The van der Waals surface area contributed by atoms with E-state index >= 15 is 0 Å². The summed E-state index contributed by atoms with van der Waals surface area (Å²) < 4.78 is 12.4. The van der Waals surface area contributed by atoms with E-state index < -0.39 is 5.91 Å². The van der Waals surface area contributed by atoms with Crippen LogP contribution < -0.4 is 5.32 Å². The van der Waals surface area contributed by atoms with Gasteiger partial charge in [-0.2, -0.15) is 0 Å². The Kier molecular flexibility index (Phi) is 3.46. The van der Waals surface area contributed by atoms with Crippen molar-refractivity contribution in [3.05, 3.63) is 40.5 Å². The van der Waals surface area contributed by atoms with Gasteiger partial charge in [-0.15, -0.1) is 0 Å². The highest BCUT2D eigenvalue weighted by Crippen LogP contribution is 2.07. The molecule has 0 aliphatic heterocycles. The molecule has 0 bridgehead atoms. The minimum atomic E-state index is -0.436. The van der Waals surface area contributed by atoms with Crippen molar-refractivity contribution in [3.8, 4) is 0 Å². The smallest absolute Gasteiger partial charge is 0.230 e. The van der Waals surface area contributed by atoms with Crippen molar-refractivity contribution in [1.29, 1.82) is 0 Å². The number of carbonyl (C=O) groups is 1. The van der Waals surface area contributed by atoms with Gasteiger partial charge in [-0.1, -0.05) is 5.11 Å². The number of azide groups is 1. The van der Waals surface area contributed by atoms with E-state index in [9.17, 15) is 9.18 Å². The van der Waals surface area contributed by atoms with Crippen molar-refractivity contribution in [1.82, 2.24) is 0 Å². The van der Waals surface area contributed by atoms with E-state index in [4.69, 9.17) is 5.53 Å². The summed E-state index contributed by atoms with van der Waals surface area (Å²) in [7, 11) is 0. The molecule has 0 saturated heterocycles. The zero-order chi connectivity index (χ0) is 10.4. The fraction of sp³-hybridized carbons (Fsp3) is 0.125. The average Bonchev–Trinajstić information content (AvgIpc) is 2.18.